The van der Waals surface area contributed by atoms with Crippen LogP contribution in [0.15, 0.2) is 0 Å². The first-order chi connectivity index (χ1) is 6.99. The van der Waals surface area contributed by atoms with Gasteiger partial charge in [0.1, 0.15) is 5.82 Å². The maximum atomic E-state index is 11.6. The molecule has 15 heavy (non-hydrogen) atoms. The molecule has 1 amide bonds. The zero-order chi connectivity index (χ0) is 11.4. The Kier molecular flexibility index (Phi) is 3.82. The zero-order valence-corrected chi connectivity index (χ0v) is 9.74. The third kappa shape index (κ3) is 3.69. The van der Waals surface area contributed by atoms with Gasteiger partial charge in [0.15, 0.2) is 5.82 Å². The summed E-state index contributed by atoms with van der Waals surface area (Å²) in [5, 5.41) is 6.74. The number of H-pyrrole nitrogens is 1. The van der Waals surface area contributed by atoms with Crippen LogP contribution in [0, 0.1) is 12.8 Å². The normalized spacial score (nSPS) is 10.7. The Morgan fingerprint density at radius 3 is 2.67 bits per heavy atom. The van der Waals surface area contributed by atoms with Gasteiger partial charge in [0.25, 0.3) is 0 Å². The summed E-state index contributed by atoms with van der Waals surface area (Å²) < 4.78 is 0. The van der Waals surface area contributed by atoms with Crippen molar-refractivity contribution in [3.8, 4) is 0 Å². The van der Waals surface area contributed by atoms with Crippen molar-refractivity contribution in [2.75, 3.05) is 7.05 Å². The number of amides is 1. The van der Waals surface area contributed by atoms with Crippen molar-refractivity contribution in [1.29, 1.82) is 0 Å². The molecule has 1 N–H and O–H groups in total. The van der Waals surface area contributed by atoms with Crippen LogP contribution in [-0.2, 0) is 11.3 Å². The highest BCUT2D eigenvalue weighted by Gasteiger charge is 2.12. The van der Waals surface area contributed by atoms with E-state index in [9.17, 15) is 4.79 Å². The SMILES string of the molecule is Cc1nc(CN(C)C(=O)CC(C)C)n[nH]1. The highest BCUT2D eigenvalue weighted by Crippen LogP contribution is 2.05. The summed E-state index contributed by atoms with van der Waals surface area (Å²) in [5.41, 5.74) is 0. The summed E-state index contributed by atoms with van der Waals surface area (Å²) in [5.74, 6) is 1.95. The molecule has 0 bridgehead atoms. The fourth-order valence-electron chi connectivity index (χ4n) is 1.27. The van der Waals surface area contributed by atoms with Crippen molar-refractivity contribution in [3.63, 3.8) is 0 Å². The zero-order valence-electron chi connectivity index (χ0n) is 9.74. The minimum Gasteiger partial charge on any atom is -0.338 e. The van der Waals surface area contributed by atoms with Gasteiger partial charge in [-0.25, -0.2) is 4.98 Å². The Bertz CT molecular complexity index is 332. The minimum atomic E-state index is 0.132. The summed E-state index contributed by atoms with van der Waals surface area (Å²) >= 11 is 0. The molecule has 0 aliphatic heterocycles. The lowest BCUT2D eigenvalue weighted by Crippen LogP contribution is -2.27. The largest absolute Gasteiger partial charge is 0.338 e. The minimum absolute atomic E-state index is 0.132. The van der Waals surface area contributed by atoms with Crippen LogP contribution < -0.4 is 0 Å². The van der Waals surface area contributed by atoms with Gasteiger partial charge in [0.2, 0.25) is 5.91 Å². The predicted octanol–water partition coefficient (Wildman–Crippen LogP) is 1.12. The second-order valence-corrected chi connectivity index (χ2v) is 4.18. The third-order valence-electron chi connectivity index (χ3n) is 2.03. The molecule has 0 atom stereocenters. The highest BCUT2D eigenvalue weighted by atomic mass is 16.2. The average molecular weight is 210 g/mol. The summed E-state index contributed by atoms with van der Waals surface area (Å²) in [4.78, 5) is 17.4. The van der Waals surface area contributed by atoms with Crippen LogP contribution in [0.3, 0.4) is 0 Å². The Morgan fingerprint density at radius 1 is 1.53 bits per heavy atom. The second-order valence-electron chi connectivity index (χ2n) is 4.18. The summed E-state index contributed by atoms with van der Waals surface area (Å²) in [6.45, 7) is 6.37. The van der Waals surface area contributed by atoms with E-state index in [-0.39, 0.29) is 5.91 Å². The van der Waals surface area contributed by atoms with Gasteiger partial charge in [-0.3, -0.25) is 9.89 Å². The van der Waals surface area contributed by atoms with E-state index in [0.717, 1.165) is 5.82 Å². The van der Waals surface area contributed by atoms with E-state index in [1.165, 1.54) is 0 Å². The second kappa shape index (κ2) is 4.91. The summed E-state index contributed by atoms with van der Waals surface area (Å²) in [6, 6.07) is 0. The number of rotatable bonds is 4. The van der Waals surface area contributed by atoms with Crippen LogP contribution in [0.4, 0.5) is 0 Å². The van der Waals surface area contributed by atoms with Crippen LogP contribution in [0.2, 0.25) is 0 Å². The van der Waals surface area contributed by atoms with E-state index in [1.807, 2.05) is 20.8 Å². The number of nitrogens with one attached hydrogen (secondary N) is 1. The first kappa shape index (κ1) is 11.7. The lowest BCUT2D eigenvalue weighted by molar-refractivity contribution is -0.131. The molecule has 0 unspecified atom stereocenters. The molecule has 0 aliphatic rings. The smallest absolute Gasteiger partial charge is 0.222 e. The predicted molar refractivity (Wildman–Crippen MR) is 57.0 cm³/mol. The van der Waals surface area contributed by atoms with E-state index < -0.39 is 0 Å². The average Bonchev–Trinajstić information content (AvgIpc) is 2.50. The molecule has 0 spiro atoms. The standard InChI is InChI=1S/C10H18N4O/c1-7(2)5-10(15)14(4)6-9-11-8(3)12-13-9/h7H,5-6H2,1-4H3,(H,11,12,13). The van der Waals surface area contributed by atoms with Gasteiger partial charge in [-0.2, -0.15) is 5.10 Å². The third-order valence-corrected chi connectivity index (χ3v) is 2.03. The van der Waals surface area contributed by atoms with Gasteiger partial charge in [0.05, 0.1) is 6.54 Å². The van der Waals surface area contributed by atoms with Gasteiger partial charge in [0, 0.05) is 13.5 Å². The maximum Gasteiger partial charge on any atom is 0.222 e. The molecule has 84 valence electrons. The molecule has 0 fully saturated rings. The molecule has 1 heterocycles. The van der Waals surface area contributed by atoms with Gasteiger partial charge < -0.3 is 4.90 Å². The van der Waals surface area contributed by atoms with Crippen LogP contribution in [0.1, 0.15) is 31.9 Å². The molecule has 0 saturated heterocycles. The molecule has 0 aliphatic carbocycles. The van der Waals surface area contributed by atoms with Gasteiger partial charge in [-0.05, 0) is 12.8 Å². The lowest BCUT2D eigenvalue weighted by atomic mass is 10.1. The maximum absolute atomic E-state index is 11.6. The number of hydrogen-bond donors (Lipinski definition) is 1. The number of aryl methyl sites for hydroxylation is 1. The van der Waals surface area contributed by atoms with Gasteiger partial charge in [-0.1, -0.05) is 13.8 Å². The quantitative estimate of drug-likeness (QED) is 0.810. The number of carbonyl (C=O) groups excluding carboxylic acids is 1. The summed E-state index contributed by atoms with van der Waals surface area (Å²) in [6.07, 6.45) is 0.569. The monoisotopic (exact) mass is 210 g/mol. The van der Waals surface area contributed by atoms with Crippen LogP contribution in [0.5, 0.6) is 0 Å². The Morgan fingerprint density at radius 2 is 2.20 bits per heavy atom. The van der Waals surface area contributed by atoms with E-state index in [1.54, 1.807) is 11.9 Å². The Hall–Kier alpha value is -1.39. The van der Waals surface area contributed by atoms with Gasteiger partial charge >= 0.3 is 0 Å². The highest BCUT2D eigenvalue weighted by molar-refractivity contribution is 5.75. The molecule has 5 nitrogen and oxygen atoms in total. The van der Waals surface area contributed by atoms with Crippen LogP contribution in [-0.4, -0.2) is 33.0 Å². The van der Waals surface area contributed by atoms with E-state index in [4.69, 9.17) is 0 Å². The molecule has 1 aromatic rings. The van der Waals surface area contributed by atoms with Crippen molar-refractivity contribution in [2.24, 2.45) is 5.92 Å². The number of nitrogens with zero attached hydrogens (tertiary/aromatic N) is 3. The molecule has 0 aromatic carbocycles. The van der Waals surface area contributed by atoms with Crippen LogP contribution >= 0.6 is 0 Å². The molecule has 1 aromatic heterocycles. The summed E-state index contributed by atoms with van der Waals surface area (Å²) in [7, 11) is 1.77. The number of carbonyl (C=O) groups is 1. The molecule has 1 rings (SSSR count). The van der Waals surface area contributed by atoms with Crippen molar-refractivity contribution in [3.05, 3.63) is 11.6 Å². The number of hydrogen-bond acceptors (Lipinski definition) is 3. The van der Waals surface area contributed by atoms with Crippen molar-refractivity contribution >= 4 is 5.91 Å². The van der Waals surface area contributed by atoms with E-state index in [2.05, 4.69) is 15.2 Å². The van der Waals surface area contributed by atoms with E-state index in [0.29, 0.717) is 24.7 Å². The number of aromatic nitrogens is 3. The van der Waals surface area contributed by atoms with Crippen molar-refractivity contribution in [2.45, 2.75) is 33.7 Å². The topological polar surface area (TPSA) is 61.9 Å². The van der Waals surface area contributed by atoms with Crippen LogP contribution in [0.25, 0.3) is 0 Å². The van der Waals surface area contributed by atoms with Gasteiger partial charge in [-0.15, -0.1) is 0 Å². The first-order valence-electron chi connectivity index (χ1n) is 5.11. The lowest BCUT2D eigenvalue weighted by Gasteiger charge is -2.16. The van der Waals surface area contributed by atoms with E-state index >= 15 is 0 Å². The fourth-order valence-corrected chi connectivity index (χ4v) is 1.27. The molecular weight excluding hydrogens is 192 g/mol. The van der Waals surface area contributed by atoms with Crippen molar-refractivity contribution < 1.29 is 4.79 Å². The molecule has 0 saturated carbocycles. The molecular formula is C10H18N4O. The fraction of sp³-hybridized carbons (Fsp3) is 0.700. The number of aromatic amines is 1. The Balaban J connectivity index is 2.48. The first-order valence-corrected chi connectivity index (χ1v) is 5.11. The molecule has 5 heteroatoms. The Labute approximate surface area is 89.9 Å². The molecule has 0 radical (unpaired) electrons. The van der Waals surface area contributed by atoms with Crippen molar-refractivity contribution in [1.82, 2.24) is 20.1 Å².